The Morgan fingerprint density at radius 3 is 2.82 bits per heavy atom. The zero-order chi connectivity index (χ0) is 20.8. The molecule has 2 heterocycles. The molecule has 2 rings (SSSR count). The monoisotopic (exact) mass is 422 g/mol. The molecule has 12 nitrogen and oxygen atoms in total. The van der Waals surface area contributed by atoms with Crippen molar-refractivity contribution in [3.63, 3.8) is 0 Å². The van der Waals surface area contributed by atoms with E-state index in [1.165, 1.54) is 19.4 Å². The van der Waals surface area contributed by atoms with Gasteiger partial charge in [-0.1, -0.05) is 0 Å². The summed E-state index contributed by atoms with van der Waals surface area (Å²) in [6.07, 6.45) is 0.140. The third kappa shape index (κ3) is 5.94. The molecule has 0 unspecified atom stereocenters. The molecule has 1 saturated heterocycles. The van der Waals surface area contributed by atoms with E-state index in [2.05, 4.69) is 19.7 Å². The van der Waals surface area contributed by atoms with Crippen LogP contribution >= 0.6 is 8.17 Å². The fourth-order valence-electron chi connectivity index (χ4n) is 2.21. The minimum atomic E-state index is -4.25. The summed E-state index contributed by atoms with van der Waals surface area (Å²) in [6.45, 7) is 2.73. The van der Waals surface area contributed by atoms with Crippen LogP contribution in [0.1, 0.15) is 30.8 Å². The maximum atomic E-state index is 12.4. The Balaban J connectivity index is 1.88. The molecule has 158 valence electrons. The van der Waals surface area contributed by atoms with Crippen molar-refractivity contribution in [2.75, 3.05) is 27.1 Å². The first-order chi connectivity index (χ1) is 13.2. The summed E-state index contributed by atoms with van der Waals surface area (Å²) < 4.78 is 29.6. The van der Waals surface area contributed by atoms with Crippen LogP contribution in [0.4, 0.5) is 0 Å². The number of hydrogen-bond acceptors (Lipinski definition) is 11. The molecule has 13 heteroatoms. The van der Waals surface area contributed by atoms with Gasteiger partial charge < -0.3 is 0 Å². The fourth-order valence-corrected chi connectivity index (χ4v) is 3.92. The summed E-state index contributed by atoms with van der Waals surface area (Å²) in [5, 5.41) is 5.90. The van der Waals surface area contributed by atoms with E-state index in [-0.39, 0.29) is 25.3 Å². The van der Waals surface area contributed by atoms with Crippen LogP contribution in [0.3, 0.4) is 0 Å². The van der Waals surface area contributed by atoms with Gasteiger partial charge in [0, 0.05) is 0 Å². The Kier molecular flexibility index (Phi) is 7.44. The molecule has 1 amide bonds. The van der Waals surface area contributed by atoms with Gasteiger partial charge >= 0.3 is 160 Å². The Morgan fingerprint density at radius 1 is 1.43 bits per heavy atom. The van der Waals surface area contributed by atoms with E-state index >= 15 is 0 Å². The van der Waals surface area contributed by atoms with Gasteiger partial charge in [0.05, 0.1) is 0 Å². The van der Waals surface area contributed by atoms with Crippen LogP contribution in [0, 0.1) is 5.41 Å². The predicted molar refractivity (Wildman–Crippen MR) is 92.7 cm³/mol. The normalized spacial score (nSPS) is 21.4. The molecule has 0 saturated carbocycles. The summed E-state index contributed by atoms with van der Waals surface area (Å²) in [4.78, 5) is 45.6. The third-order valence-corrected chi connectivity index (χ3v) is 5.29. The molecule has 28 heavy (non-hydrogen) atoms. The standard InChI is InChI=1S/C15H23N2O10P/c1-15(2)8-24-28(21,25-9-23-14(20)10-4-7-17-26-10)27-12(15)13(19)16-6-5-11(18)22-3/h4,7,12,21,28H,5-6,8-9H2,1-3H3,(H,16,19)/t12-/m0/s1. The van der Waals surface area contributed by atoms with E-state index in [1.807, 2.05) is 0 Å². The minimum absolute atomic E-state index is 0.0122. The first-order valence-electron chi connectivity index (χ1n) is 8.27. The number of esters is 2. The molecule has 1 aliphatic heterocycles. The Labute approximate surface area is 161 Å². The number of hydrogen-bond donors (Lipinski definition) is 2. The van der Waals surface area contributed by atoms with Crippen LogP contribution in [0.25, 0.3) is 0 Å². The molecular formula is C15H23N2O10P. The molecule has 0 radical (unpaired) electrons. The fraction of sp³-hybridized carbons (Fsp3) is 0.600. The Morgan fingerprint density at radius 2 is 2.18 bits per heavy atom. The summed E-state index contributed by atoms with van der Waals surface area (Å²) in [7, 11) is -3.00. The van der Waals surface area contributed by atoms with Crippen molar-refractivity contribution in [2.24, 2.45) is 5.41 Å². The van der Waals surface area contributed by atoms with Crippen molar-refractivity contribution in [1.29, 1.82) is 0 Å². The molecule has 2 N–H and O–H groups in total. The second-order valence-electron chi connectivity index (χ2n) is 6.49. The third-order valence-electron chi connectivity index (χ3n) is 3.77. The van der Waals surface area contributed by atoms with Crippen molar-refractivity contribution in [2.45, 2.75) is 26.4 Å². The van der Waals surface area contributed by atoms with Crippen molar-refractivity contribution in [3.8, 4) is 0 Å². The SMILES string of the molecule is COC(=O)CCNC(=O)[C@@H]1O[PH](O)(OCOC(=O)c2ccno2)OCC1(C)C. The van der Waals surface area contributed by atoms with Gasteiger partial charge in [-0.2, -0.15) is 0 Å². The molecular weight excluding hydrogens is 399 g/mol. The first kappa shape index (κ1) is 22.2. The van der Waals surface area contributed by atoms with Crippen LogP contribution in [-0.2, 0) is 32.6 Å². The second-order valence-corrected chi connectivity index (χ2v) is 8.35. The van der Waals surface area contributed by atoms with E-state index in [1.54, 1.807) is 13.8 Å². The number of carbonyl (C=O) groups excluding carboxylic acids is 3. The van der Waals surface area contributed by atoms with Gasteiger partial charge in [-0.15, -0.1) is 0 Å². The van der Waals surface area contributed by atoms with Crippen molar-refractivity contribution in [1.82, 2.24) is 10.5 Å². The van der Waals surface area contributed by atoms with Crippen LogP contribution in [0.2, 0.25) is 0 Å². The van der Waals surface area contributed by atoms with Gasteiger partial charge in [-0.3, -0.25) is 0 Å². The number of methoxy groups -OCH3 is 1. The summed E-state index contributed by atoms with van der Waals surface area (Å²) in [5.74, 6) is -2.03. The van der Waals surface area contributed by atoms with E-state index < -0.39 is 44.3 Å². The van der Waals surface area contributed by atoms with E-state index in [9.17, 15) is 19.3 Å². The summed E-state index contributed by atoms with van der Waals surface area (Å²) >= 11 is 0. The van der Waals surface area contributed by atoms with Crippen LogP contribution in [0.15, 0.2) is 16.8 Å². The molecule has 1 aliphatic rings. The zero-order valence-corrected chi connectivity index (χ0v) is 16.6. The topological polar surface area (TPSA) is 156 Å². The van der Waals surface area contributed by atoms with Crippen LogP contribution < -0.4 is 5.32 Å². The van der Waals surface area contributed by atoms with Gasteiger partial charge in [0.2, 0.25) is 0 Å². The van der Waals surface area contributed by atoms with Gasteiger partial charge in [0.1, 0.15) is 0 Å². The van der Waals surface area contributed by atoms with Crippen LogP contribution in [-0.4, -0.2) is 61.1 Å². The molecule has 1 aromatic rings. The quantitative estimate of drug-likeness (QED) is 0.338. The maximum absolute atomic E-state index is 12.4. The molecule has 0 aliphatic carbocycles. The predicted octanol–water partition coefficient (Wildman–Crippen LogP) is 0.329. The molecule has 1 aromatic heterocycles. The van der Waals surface area contributed by atoms with Crippen molar-refractivity contribution < 1.29 is 46.8 Å². The van der Waals surface area contributed by atoms with E-state index in [0.29, 0.717) is 0 Å². The number of carbonyl (C=O) groups is 3. The molecule has 0 spiro atoms. The Bertz CT molecular complexity index is 695. The molecule has 1 fully saturated rings. The van der Waals surface area contributed by atoms with Gasteiger partial charge in [-0.05, 0) is 0 Å². The molecule has 0 aromatic carbocycles. The number of nitrogens with one attached hydrogen (secondary N) is 1. The average Bonchev–Trinajstić information content (AvgIpc) is 3.18. The summed E-state index contributed by atoms with van der Waals surface area (Å²) in [5.41, 5.74) is -0.783. The zero-order valence-electron chi connectivity index (χ0n) is 15.6. The number of rotatable bonds is 8. The number of amides is 1. The summed E-state index contributed by atoms with van der Waals surface area (Å²) in [6, 6.07) is 1.29. The van der Waals surface area contributed by atoms with Crippen molar-refractivity contribution in [3.05, 3.63) is 18.0 Å². The van der Waals surface area contributed by atoms with Gasteiger partial charge in [0.15, 0.2) is 0 Å². The van der Waals surface area contributed by atoms with Gasteiger partial charge in [0.25, 0.3) is 0 Å². The van der Waals surface area contributed by atoms with E-state index in [0.717, 1.165) is 0 Å². The van der Waals surface area contributed by atoms with E-state index in [4.69, 9.17) is 18.3 Å². The van der Waals surface area contributed by atoms with Crippen LogP contribution in [0.5, 0.6) is 0 Å². The Hall–Kier alpha value is -2.11. The number of aromatic nitrogens is 1. The first-order valence-corrected chi connectivity index (χ1v) is 9.94. The number of nitrogens with zero attached hydrogens (tertiary/aromatic N) is 1. The average molecular weight is 422 g/mol. The number of ether oxygens (including phenoxy) is 2. The van der Waals surface area contributed by atoms with Gasteiger partial charge in [-0.25, -0.2) is 0 Å². The molecule has 0 bridgehead atoms. The van der Waals surface area contributed by atoms with Crippen molar-refractivity contribution >= 4 is 26.0 Å². The second kappa shape index (κ2) is 9.39. The molecule has 1 atom stereocenters.